The largest absolute Gasteiger partial charge is 0.392 e. The molecular formula is C12H16O3. The number of carbonyl (C=O) groups excluding carboxylic acids is 1. The standard InChI is InChI=1S/C12H16O3/c13-7-10-4-8-2-1-3-11(14)5-9(8)6-12(10)15/h1,3,5,7-8,10-12,14-15H,2,4,6H2/t8-,10-,11?,12?/m0/s1. The molecule has 0 heterocycles. The molecule has 0 aromatic carbocycles. The van der Waals surface area contributed by atoms with E-state index < -0.39 is 12.2 Å². The summed E-state index contributed by atoms with van der Waals surface area (Å²) in [6.45, 7) is 0. The van der Waals surface area contributed by atoms with Crippen molar-refractivity contribution in [3.8, 4) is 0 Å². The van der Waals surface area contributed by atoms with Gasteiger partial charge in [-0.05, 0) is 25.2 Å². The van der Waals surface area contributed by atoms with Crippen molar-refractivity contribution in [2.45, 2.75) is 31.5 Å². The van der Waals surface area contributed by atoms with Gasteiger partial charge in [-0.3, -0.25) is 0 Å². The van der Waals surface area contributed by atoms with E-state index in [0.717, 1.165) is 18.3 Å². The van der Waals surface area contributed by atoms with E-state index in [9.17, 15) is 15.0 Å². The highest BCUT2D eigenvalue weighted by Crippen LogP contribution is 2.36. The molecule has 4 atom stereocenters. The molecule has 0 aliphatic heterocycles. The van der Waals surface area contributed by atoms with Crippen LogP contribution in [0.15, 0.2) is 23.8 Å². The first-order valence-corrected chi connectivity index (χ1v) is 5.39. The zero-order valence-electron chi connectivity index (χ0n) is 8.54. The third-order valence-electron chi connectivity index (χ3n) is 3.33. The molecule has 2 aliphatic rings. The minimum atomic E-state index is -0.574. The zero-order chi connectivity index (χ0) is 10.8. The average Bonchev–Trinajstić information content (AvgIpc) is 2.37. The van der Waals surface area contributed by atoms with Gasteiger partial charge in [-0.25, -0.2) is 0 Å². The van der Waals surface area contributed by atoms with E-state index >= 15 is 0 Å². The van der Waals surface area contributed by atoms with E-state index in [-0.39, 0.29) is 5.92 Å². The molecule has 0 aromatic rings. The van der Waals surface area contributed by atoms with Crippen molar-refractivity contribution in [2.75, 3.05) is 0 Å². The van der Waals surface area contributed by atoms with Gasteiger partial charge in [-0.15, -0.1) is 0 Å². The topological polar surface area (TPSA) is 57.5 Å². The molecule has 2 N–H and O–H groups in total. The van der Waals surface area contributed by atoms with Crippen LogP contribution >= 0.6 is 0 Å². The molecule has 3 heteroatoms. The highest BCUT2D eigenvalue weighted by molar-refractivity contribution is 5.55. The Morgan fingerprint density at radius 3 is 2.93 bits per heavy atom. The third kappa shape index (κ3) is 2.19. The van der Waals surface area contributed by atoms with Gasteiger partial charge >= 0.3 is 0 Å². The predicted molar refractivity (Wildman–Crippen MR) is 56.1 cm³/mol. The van der Waals surface area contributed by atoms with Gasteiger partial charge in [0, 0.05) is 5.92 Å². The smallest absolute Gasteiger partial charge is 0.125 e. The van der Waals surface area contributed by atoms with E-state index in [2.05, 4.69) is 0 Å². The number of aliphatic hydroxyl groups excluding tert-OH is 2. The van der Waals surface area contributed by atoms with Crippen LogP contribution in [0.1, 0.15) is 19.3 Å². The lowest BCUT2D eigenvalue weighted by Gasteiger charge is -2.32. The molecule has 15 heavy (non-hydrogen) atoms. The maximum atomic E-state index is 10.7. The van der Waals surface area contributed by atoms with Gasteiger partial charge in [0.15, 0.2) is 0 Å². The van der Waals surface area contributed by atoms with Crippen LogP contribution in [0.25, 0.3) is 0 Å². The summed E-state index contributed by atoms with van der Waals surface area (Å²) in [5, 5.41) is 19.2. The van der Waals surface area contributed by atoms with Crippen LogP contribution in [0.2, 0.25) is 0 Å². The average molecular weight is 208 g/mol. The first-order valence-electron chi connectivity index (χ1n) is 5.39. The molecule has 0 aromatic heterocycles. The number of allylic oxidation sites excluding steroid dienone is 1. The van der Waals surface area contributed by atoms with E-state index in [4.69, 9.17) is 0 Å². The van der Waals surface area contributed by atoms with E-state index in [0.29, 0.717) is 18.8 Å². The van der Waals surface area contributed by atoms with Crippen molar-refractivity contribution in [3.63, 3.8) is 0 Å². The van der Waals surface area contributed by atoms with Crippen LogP contribution in [0.5, 0.6) is 0 Å². The quantitative estimate of drug-likeness (QED) is 0.495. The number of aldehydes is 1. The fourth-order valence-electron chi connectivity index (χ4n) is 2.45. The van der Waals surface area contributed by atoms with Crippen LogP contribution in [-0.2, 0) is 4.79 Å². The van der Waals surface area contributed by atoms with Crippen LogP contribution in [0.3, 0.4) is 0 Å². The number of rotatable bonds is 1. The van der Waals surface area contributed by atoms with Gasteiger partial charge in [0.05, 0.1) is 12.2 Å². The van der Waals surface area contributed by atoms with E-state index in [1.165, 1.54) is 0 Å². The summed E-state index contributed by atoms with van der Waals surface area (Å²) in [7, 11) is 0. The Hall–Kier alpha value is -0.930. The second-order valence-electron chi connectivity index (χ2n) is 4.40. The number of aliphatic hydroxyl groups is 2. The number of fused-ring (bicyclic) bond motifs is 1. The molecule has 3 nitrogen and oxygen atoms in total. The molecule has 0 saturated heterocycles. The summed E-state index contributed by atoms with van der Waals surface area (Å²) in [5.41, 5.74) is 1.10. The van der Waals surface area contributed by atoms with Crippen molar-refractivity contribution >= 4 is 6.29 Å². The summed E-state index contributed by atoms with van der Waals surface area (Å²) < 4.78 is 0. The van der Waals surface area contributed by atoms with Gasteiger partial charge in [0.25, 0.3) is 0 Å². The molecule has 0 spiro atoms. The van der Waals surface area contributed by atoms with Gasteiger partial charge in [0.2, 0.25) is 0 Å². The van der Waals surface area contributed by atoms with Gasteiger partial charge in [-0.1, -0.05) is 23.8 Å². The van der Waals surface area contributed by atoms with Gasteiger partial charge < -0.3 is 15.0 Å². The lowest BCUT2D eigenvalue weighted by molar-refractivity contribution is -0.115. The van der Waals surface area contributed by atoms with Crippen LogP contribution in [0, 0.1) is 11.8 Å². The van der Waals surface area contributed by atoms with E-state index in [1.807, 2.05) is 6.08 Å². The first kappa shape index (κ1) is 10.6. The molecule has 2 unspecified atom stereocenters. The Kier molecular flexibility index (Phi) is 3.03. The minimum Gasteiger partial charge on any atom is -0.392 e. The van der Waals surface area contributed by atoms with Crippen molar-refractivity contribution < 1.29 is 15.0 Å². The molecular weight excluding hydrogens is 192 g/mol. The minimum absolute atomic E-state index is 0.240. The van der Waals surface area contributed by atoms with Crippen molar-refractivity contribution in [2.24, 2.45) is 11.8 Å². The molecule has 2 rings (SSSR count). The Balaban J connectivity index is 2.18. The monoisotopic (exact) mass is 208 g/mol. The highest BCUT2D eigenvalue weighted by atomic mass is 16.3. The Morgan fingerprint density at radius 1 is 1.40 bits per heavy atom. The summed E-state index contributed by atoms with van der Waals surface area (Å²) in [5.74, 6) is 0.0767. The zero-order valence-corrected chi connectivity index (χ0v) is 8.54. The second-order valence-corrected chi connectivity index (χ2v) is 4.40. The Morgan fingerprint density at radius 2 is 2.20 bits per heavy atom. The Bertz CT molecular complexity index is 306. The SMILES string of the molecule is O=C[C@@H]1C[C@@H]2CC=CC(O)C=C2CC1O. The molecule has 2 aliphatic carbocycles. The number of carbonyl (C=O) groups is 1. The highest BCUT2D eigenvalue weighted by Gasteiger charge is 2.32. The van der Waals surface area contributed by atoms with Crippen molar-refractivity contribution in [3.05, 3.63) is 23.8 Å². The van der Waals surface area contributed by atoms with E-state index in [1.54, 1.807) is 12.2 Å². The second kappa shape index (κ2) is 4.29. The normalized spacial score (nSPS) is 40.3. The molecule has 1 fully saturated rings. The van der Waals surface area contributed by atoms with Gasteiger partial charge in [-0.2, -0.15) is 0 Å². The maximum Gasteiger partial charge on any atom is 0.125 e. The molecule has 0 radical (unpaired) electrons. The fraction of sp³-hybridized carbons (Fsp3) is 0.583. The third-order valence-corrected chi connectivity index (χ3v) is 3.33. The molecule has 1 saturated carbocycles. The van der Waals surface area contributed by atoms with Crippen molar-refractivity contribution in [1.29, 1.82) is 0 Å². The molecule has 0 amide bonds. The summed E-state index contributed by atoms with van der Waals surface area (Å²) >= 11 is 0. The van der Waals surface area contributed by atoms with Crippen LogP contribution < -0.4 is 0 Å². The molecule has 82 valence electrons. The summed E-state index contributed by atoms with van der Waals surface area (Å²) in [6.07, 6.45) is 7.34. The lowest BCUT2D eigenvalue weighted by Crippen LogP contribution is -2.31. The lowest BCUT2D eigenvalue weighted by atomic mass is 9.75. The van der Waals surface area contributed by atoms with Crippen LogP contribution in [0.4, 0.5) is 0 Å². The predicted octanol–water partition coefficient (Wildman–Crippen LogP) is 0.820. The summed E-state index contributed by atoms with van der Waals surface area (Å²) in [6, 6.07) is 0. The number of hydrogen-bond donors (Lipinski definition) is 2. The maximum absolute atomic E-state index is 10.7. The van der Waals surface area contributed by atoms with Crippen LogP contribution in [-0.4, -0.2) is 28.7 Å². The van der Waals surface area contributed by atoms with Crippen molar-refractivity contribution in [1.82, 2.24) is 0 Å². The Labute approximate surface area is 89.1 Å². The number of hydrogen-bond acceptors (Lipinski definition) is 3. The summed E-state index contributed by atoms with van der Waals surface area (Å²) in [4.78, 5) is 10.7. The first-order chi connectivity index (χ1) is 7.20. The van der Waals surface area contributed by atoms with Gasteiger partial charge in [0.1, 0.15) is 6.29 Å². The fourth-order valence-corrected chi connectivity index (χ4v) is 2.45. The molecule has 0 bridgehead atoms.